The van der Waals surface area contributed by atoms with E-state index in [2.05, 4.69) is 25.7 Å². The summed E-state index contributed by atoms with van der Waals surface area (Å²) in [5, 5.41) is 9.43. The number of aliphatic hydroxyl groups excluding tert-OH is 1. The maximum Gasteiger partial charge on any atom is 0.118 e. The van der Waals surface area contributed by atoms with Crippen molar-refractivity contribution in [1.82, 2.24) is 4.90 Å². The Balaban J connectivity index is 2.60. The van der Waals surface area contributed by atoms with Gasteiger partial charge in [-0.15, -0.1) is 0 Å². The van der Waals surface area contributed by atoms with Crippen LogP contribution < -0.4 is 0 Å². The van der Waals surface area contributed by atoms with E-state index in [1.54, 1.807) is 0 Å². The van der Waals surface area contributed by atoms with Gasteiger partial charge >= 0.3 is 0 Å². The summed E-state index contributed by atoms with van der Waals surface area (Å²) in [5.74, 6) is 2.00. The molecule has 1 N–H and O–H groups in total. The van der Waals surface area contributed by atoms with Gasteiger partial charge in [-0.1, -0.05) is 6.92 Å². The van der Waals surface area contributed by atoms with Crippen molar-refractivity contribution in [3.8, 4) is 0 Å². The zero-order valence-electron chi connectivity index (χ0n) is 10.7. The van der Waals surface area contributed by atoms with Gasteiger partial charge in [-0.05, 0) is 32.9 Å². The van der Waals surface area contributed by atoms with Gasteiger partial charge in [0.1, 0.15) is 11.5 Å². The van der Waals surface area contributed by atoms with Gasteiger partial charge in [0.05, 0.1) is 12.6 Å². The van der Waals surface area contributed by atoms with E-state index in [9.17, 15) is 5.11 Å². The molecule has 16 heavy (non-hydrogen) atoms. The molecule has 0 radical (unpaired) electrons. The average Bonchev–Trinajstić information content (AvgIpc) is 2.63. The molecule has 0 aliphatic rings. The van der Waals surface area contributed by atoms with Crippen LogP contribution in [0.5, 0.6) is 0 Å². The maximum absolute atomic E-state index is 9.43. The van der Waals surface area contributed by atoms with Gasteiger partial charge in [-0.2, -0.15) is 0 Å². The highest BCUT2D eigenvalue weighted by atomic mass is 16.3. The van der Waals surface area contributed by atoms with Gasteiger partial charge in [-0.25, -0.2) is 0 Å². The summed E-state index contributed by atoms with van der Waals surface area (Å²) < 4.78 is 5.67. The van der Waals surface area contributed by atoms with Gasteiger partial charge < -0.3 is 9.52 Å². The van der Waals surface area contributed by atoms with Crippen LogP contribution in [0.15, 0.2) is 16.5 Å². The SMILES string of the molecule is CCc1ccc(CN(CC(C)O)C(C)C)o1. The fourth-order valence-corrected chi connectivity index (χ4v) is 1.69. The second kappa shape index (κ2) is 6.06. The Bertz CT molecular complexity index is 305. The van der Waals surface area contributed by atoms with E-state index in [1.807, 2.05) is 19.1 Å². The monoisotopic (exact) mass is 225 g/mol. The summed E-state index contributed by atoms with van der Waals surface area (Å²) in [7, 11) is 0. The molecule has 1 unspecified atom stereocenters. The first-order valence-corrected chi connectivity index (χ1v) is 6.02. The predicted octanol–water partition coefficient (Wildman–Crippen LogP) is 2.43. The van der Waals surface area contributed by atoms with Gasteiger partial charge in [-0.3, -0.25) is 4.90 Å². The van der Waals surface area contributed by atoms with E-state index < -0.39 is 0 Å². The molecular formula is C13H23NO2. The fraction of sp³-hybridized carbons (Fsp3) is 0.692. The standard InChI is InChI=1S/C13H23NO2/c1-5-12-6-7-13(16-12)9-14(10(2)3)8-11(4)15/h6-7,10-11,15H,5,8-9H2,1-4H3. The first-order valence-electron chi connectivity index (χ1n) is 6.02. The van der Waals surface area contributed by atoms with Gasteiger partial charge in [0.2, 0.25) is 0 Å². The molecule has 1 aromatic heterocycles. The van der Waals surface area contributed by atoms with Crippen LogP contribution in [0.25, 0.3) is 0 Å². The maximum atomic E-state index is 9.43. The molecule has 1 heterocycles. The highest BCUT2D eigenvalue weighted by molar-refractivity contribution is 5.07. The summed E-state index contributed by atoms with van der Waals surface area (Å²) in [6.07, 6.45) is 0.626. The Hall–Kier alpha value is -0.800. The van der Waals surface area contributed by atoms with Gasteiger partial charge in [0, 0.05) is 19.0 Å². The van der Waals surface area contributed by atoms with Crippen molar-refractivity contribution >= 4 is 0 Å². The number of hydrogen-bond acceptors (Lipinski definition) is 3. The number of aryl methyl sites for hydroxylation is 1. The minimum absolute atomic E-state index is 0.303. The topological polar surface area (TPSA) is 36.6 Å². The van der Waals surface area contributed by atoms with E-state index in [-0.39, 0.29) is 6.10 Å². The molecule has 0 amide bonds. The number of furan rings is 1. The summed E-state index contributed by atoms with van der Waals surface area (Å²) in [6.45, 7) is 9.61. The lowest BCUT2D eigenvalue weighted by molar-refractivity contribution is 0.0972. The normalized spacial score (nSPS) is 13.7. The molecule has 1 aromatic rings. The number of rotatable bonds is 6. The van der Waals surface area contributed by atoms with Crippen LogP contribution >= 0.6 is 0 Å². The van der Waals surface area contributed by atoms with Crippen LogP contribution in [0.4, 0.5) is 0 Å². The molecule has 0 aromatic carbocycles. The predicted molar refractivity (Wildman–Crippen MR) is 65.3 cm³/mol. The Morgan fingerprint density at radius 2 is 1.88 bits per heavy atom. The molecule has 0 fully saturated rings. The van der Waals surface area contributed by atoms with Crippen molar-refractivity contribution in [2.75, 3.05) is 6.54 Å². The second-order valence-corrected chi connectivity index (χ2v) is 4.59. The zero-order chi connectivity index (χ0) is 12.1. The average molecular weight is 225 g/mol. The number of nitrogens with zero attached hydrogens (tertiary/aromatic N) is 1. The first kappa shape index (κ1) is 13.3. The second-order valence-electron chi connectivity index (χ2n) is 4.59. The van der Waals surface area contributed by atoms with Crippen LogP contribution in [-0.4, -0.2) is 28.7 Å². The van der Waals surface area contributed by atoms with Gasteiger partial charge in [0.15, 0.2) is 0 Å². The van der Waals surface area contributed by atoms with E-state index in [4.69, 9.17) is 4.42 Å². The molecule has 0 aliphatic heterocycles. The molecule has 92 valence electrons. The first-order chi connectivity index (χ1) is 7.52. The summed E-state index contributed by atoms with van der Waals surface area (Å²) in [4.78, 5) is 2.21. The Kier molecular flexibility index (Phi) is 5.03. The van der Waals surface area contributed by atoms with Crippen LogP contribution in [0, 0.1) is 0 Å². The third-order valence-corrected chi connectivity index (χ3v) is 2.65. The van der Waals surface area contributed by atoms with E-state index in [0.717, 1.165) is 24.5 Å². The molecule has 3 nitrogen and oxygen atoms in total. The molecule has 0 spiro atoms. The fourth-order valence-electron chi connectivity index (χ4n) is 1.69. The van der Waals surface area contributed by atoms with Crippen molar-refractivity contribution in [2.45, 2.75) is 52.8 Å². The Morgan fingerprint density at radius 3 is 2.31 bits per heavy atom. The van der Waals surface area contributed by atoms with E-state index in [1.165, 1.54) is 0 Å². The van der Waals surface area contributed by atoms with Crippen LogP contribution in [0.3, 0.4) is 0 Å². The molecule has 3 heteroatoms. The van der Waals surface area contributed by atoms with E-state index >= 15 is 0 Å². The van der Waals surface area contributed by atoms with Crippen molar-refractivity contribution in [2.24, 2.45) is 0 Å². The van der Waals surface area contributed by atoms with Crippen LogP contribution in [0.1, 0.15) is 39.2 Å². The third-order valence-electron chi connectivity index (χ3n) is 2.65. The highest BCUT2D eigenvalue weighted by Crippen LogP contribution is 2.13. The summed E-state index contributed by atoms with van der Waals surface area (Å²) in [5.41, 5.74) is 0. The van der Waals surface area contributed by atoms with Gasteiger partial charge in [0.25, 0.3) is 0 Å². The minimum atomic E-state index is -0.303. The lowest BCUT2D eigenvalue weighted by Gasteiger charge is -2.26. The number of hydrogen-bond donors (Lipinski definition) is 1. The van der Waals surface area contributed by atoms with Crippen molar-refractivity contribution in [3.05, 3.63) is 23.7 Å². The smallest absolute Gasteiger partial charge is 0.118 e. The van der Waals surface area contributed by atoms with Crippen LogP contribution in [-0.2, 0) is 13.0 Å². The molecular weight excluding hydrogens is 202 g/mol. The number of aliphatic hydroxyl groups is 1. The molecule has 0 saturated carbocycles. The largest absolute Gasteiger partial charge is 0.465 e. The quantitative estimate of drug-likeness (QED) is 0.808. The van der Waals surface area contributed by atoms with Crippen molar-refractivity contribution in [1.29, 1.82) is 0 Å². The van der Waals surface area contributed by atoms with E-state index in [0.29, 0.717) is 12.6 Å². The lowest BCUT2D eigenvalue weighted by atomic mass is 10.2. The minimum Gasteiger partial charge on any atom is -0.465 e. The molecule has 1 atom stereocenters. The van der Waals surface area contributed by atoms with Crippen LogP contribution in [0.2, 0.25) is 0 Å². The molecule has 0 saturated heterocycles. The molecule has 0 aliphatic carbocycles. The highest BCUT2D eigenvalue weighted by Gasteiger charge is 2.14. The molecule has 1 rings (SSSR count). The summed E-state index contributed by atoms with van der Waals surface area (Å²) >= 11 is 0. The Labute approximate surface area is 98.1 Å². The Morgan fingerprint density at radius 1 is 1.25 bits per heavy atom. The third kappa shape index (κ3) is 3.99. The zero-order valence-corrected chi connectivity index (χ0v) is 10.7. The van der Waals surface area contributed by atoms with Crippen molar-refractivity contribution in [3.63, 3.8) is 0 Å². The summed E-state index contributed by atoms with van der Waals surface area (Å²) in [6, 6.07) is 4.46. The van der Waals surface area contributed by atoms with Crippen molar-refractivity contribution < 1.29 is 9.52 Å². The molecule has 0 bridgehead atoms. The lowest BCUT2D eigenvalue weighted by Crippen LogP contribution is -2.35.